The van der Waals surface area contributed by atoms with E-state index >= 15 is 0 Å². The van der Waals surface area contributed by atoms with E-state index in [9.17, 15) is 4.79 Å². The summed E-state index contributed by atoms with van der Waals surface area (Å²) in [6.45, 7) is 5.13. The average Bonchev–Trinajstić information content (AvgIpc) is 2.95. The number of aromatic nitrogens is 2. The van der Waals surface area contributed by atoms with Crippen molar-refractivity contribution in [3.63, 3.8) is 0 Å². The summed E-state index contributed by atoms with van der Waals surface area (Å²) in [6.07, 6.45) is 5.73. The quantitative estimate of drug-likeness (QED) is 0.864. The van der Waals surface area contributed by atoms with Gasteiger partial charge in [-0.15, -0.1) is 0 Å². The zero-order chi connectivity index (χ0) is 17.6. The first-order valence-corrected chi connectivity index (χ1v) is 9.09. The summed E-state index contributed by atoms with van der Waals surface area (Å²) in [5.41, 5.74) is 4.78. The van der Waals surface area contributed by atoms with Crippen LogP contribution < -0.4 is 0 Å². The Morgan fingerprint density at radius 3 is 2.52 bits per heavy atom. The number of fused-ring (bicyclic) bond motifs is 2. The maximum atomic E-state index is 12.1. The van der Waals surface area contributed by atoms with Gasteiger partial charge in [-0.25, -0.2) is 4.98 Å². The average molecular weight is 338 g/mol. The molecule has 2 heterocycles. The second-order valence-corrected chi connectivity index (χ2v) is 7.58. The summed E-state index contributed by atoms with van der Waals surface area (Å²) in [6, 6.07) is 8.10. The third-order valence-electron chi connectivity index (χ3n) is 5.84. The molecule has 0 radical (unpaired) electrons. The molecule has 5 heteroatoms. The highest BCUT2D eigenvalue weighted by molar-refractivity contribution is 5.93. The van der Waals surface area contributed by atoms with Crippen LogP contribution in [0.5, 0.6) is 0 Å². The molecule has 0 atom stereocenters. The fraction of sp³-hybridized carbons (Fsp3) is 0.500. The predicted molar refractivity (Wildman–Crippen MR) is 97.4 cm³/mol. The number of carbonyl (C=O) groups excluding carboxylic acids is 1. The first kappa shape index (κ1) is 16.3. The van der Waals surface area contributed by atoms with Gasteiger partial charge >= 0.3 is 0 Å². The van der Waals surface area contributed by atoms with Crippen LogP contribution in [-0.2, 0) is 18.6 Å². The van der Waals surface area contributed by atoms with Gasteiger partial charge in [0.05, 0.1) is 23.3 Å². The summed E-state index contributed by atoms with van der Waals surface area (Å²) in [4.78, 5) is 20.9. The number of aryl methyl sites for hydroxylation is 1. The number of imidazole rings is 1. The molecule has 1 aliphatic carbocycles. The lowest BCUT2D eigenvalue weighted by Crippen LogP contribution is -2.56. The van der Waals surface area contributed by atoms with Gasteiger partial charge in [0.25, 0.3) is 5.91 Å². The van der Waals surface area contributed by atoms with Crippen molar-refractivity contribution in [2.45, 2.75) is 44.8 Å². The predicted octanol–water partition coefficient (Wildman–Crippen LogP) is 2.79. The van der Waals surface area contributed by atoms with Crippen molar-refractivity contribution in [3.8, 4) is 0 Å². The topological polar surface area (TPSA) is 41.4 Å². The van der Waals surface area contributed by atoms with Gasteiger partial charge in [-0.05, 0) is 43.9 Å². The smallest absolute Gasteiger partial charge is 0.253 e. The summed E-state index contributed by atoms with van der Waals surface area (Å²) in [5.74, 6) is 0.0551. The van der Waals surface area contributed by atoms with Crippen molar-refractivity contribution < 1.29 is 4.79 Å². The molecule has 1 amide bonds. The first-order chi connectivity index (χ1) is 12.0. The minimum atomic E-state index is 0.0551. The zero-order valence-corrected chi connectivity index (χ0v) is 15.3. The van der Waals surface area contributed by atoms with Gasteiger partial charge in [0.2, 0.25) is 0 Å². The molecule has 2 aromatic rings. The minimum absolute atomic E-state index is 0.0551. The summed E-state index contributed by atoms with van der Waals surface area (Å²) in [7, 11) is 3.58. The molecular weight excluding hydrogens is 312 g/mol. The van der Waals surface area contributed by atoms with Crippen LogP contribution in [0.1, 0.15) is 46.6 Å². The standard InChI is InChI=1S/C20H26N4O/c1-15-18-20(9-4-10-20)24(12-11-23(18)14-21-15)13-16-5-7-17(8-6-16)19(25)22(2)3/h5-8,14H,4,9-13H2,1-3H3. The Balaban J connectivity index is 1.57. The summed E-state index contributed by atoms with van der Waals surface area (Å²) < 4.78 is 2.35. The molecule has 1 saturated carbocycles. The van der Waals surface area contributed by atoms with Crippen molar-refractivity contribution in [1.29, 1.82) is 0 Å². The fourth-order valence-electron chi connectivity index (χ4n) is 4.38. The molecule has 25 heavy (non-hydrogen) atoms. The Bertz CT molecular complexity index is 787. The number of nitrogens with zero attached hydrogens (tertiary/aromatic N) is 4. The number of carbonyl (C=O) groups is 1. The van der Waals surface area contributed by atoms with Crippen LogP contribution in [0.4, 0.5) is 0 Å². The number of rotatable bonds is 3. The molecule has 1 aromatic heterocycles. The monoisotopic (exact) mass is 338 g/mol. The SMILES string of the molecule is Cc1ncn2c1C1(CCC1)N(Cc1ccc(C(=O)N(C)C)cc1)CC2. The Labute approximate surface area is 149 Å². The van der Waals surface area contributed by atoms with E-state index < -0.39 is 0 Å². The van der Waals surface area contributed by atoms with Crippen LogP contribution in [0.15, 0.2) is 30.6 Å². The van der Waals surface area contributed by atoms with Crippen LogP contribution in [0.25, 0.3) is 0 Å². The maximum absolute atomic E-state index is 12.1. The molecule has 1 aromatic carbocycles. The molecule has 0 bridgehead atoms. The van der Waals surface area contributed by atoms with Crippen LogP contribution in [0, 0.1) is 6.92 Å². The summed E-state index contributed by atoms with van der Waals surface area (Å²) >= 11 is 0. The van der Waals surface area contributed by atoms with Gasteiger partial charge in [-0.2, -0.15) is 0 Å². The van der Waals surface area contributed by atoms with Crippen molar-refractivity contribution >= 4 is 5.91 Å². The molecular formula is C20H26N4O. The van der Waals surface area contributed by atoms with E-state index in [-0.39, 0.29) is 11.4 Å². The Kier molecular flexibility index (Phi) is 3.91. The van der Waals surface area contributed by atoms with Gasteiger partial charge in [0, 0.05) is 39.3 Å². The molecule has 1 fully saturated rings. The highest BCUT2D eigenvalue weighted by Crippen LogP contribution is 2.49. The van der Waals surface area contributed by atoms with Crippen LogP contribution in [-0.4, -0.2) is 45.9 Å². The largest absolute Gasteiger partial charge is 0.345 e. The van der Waals surface area contributed by atoms with Crippen LogP contribution in [0.3, 0.4) is 0 Å². The highest BCUT2D eigenvalue weighted by Gasteiger charge is 2.48. The third kappa shape index (κ3) is 2.58. The molecule has 5 nitrogen and oxygen atoms in total. The van der Waals surface area contributed by atoms with E-state index in [4.69, 9.17) is 0 Å². The van der Waals surface area contributed by atoms with E-state index in [1.165, 1.54) is 36.2 Å². The zero-order valence-electron chi connectivity index (χ0n) is 15.3. The lowest BCUT2D eigenvalue weighted by atomic mass is 9.71. The highest BCUT2D eigenvalue weighted by atomic mass is 16.2. The number of benzene rings is 1. The van der Waals surface area contributed by atoms with E-state index in [0.29, 0.717) is 0 Å². The van der Waals surface area contributed by atoms with Gasteiger partial charge in [0.15, 0.2) is 0 Å². The van der Waals surface area contributed by atoms with Crippen molar-refractivity contribution in [3.05, 3.63) is 53.1 Å². The second kappa shape index (κ2) is 5.99. The number of hydrogen-bond acceptors (Lipinski definition) is 3. The van der Waals surface area contributed by atoms with E-state index in [1.54, 1.807) is 19.0 Å². The van der Waals surface area contributed by atoms with Crippen molar-refractivity contribution in [1.82, 2.24) is 19.4 Å². The lowest BCUT2D eigenvalue weighted by molar-refractivity contribution is -0.0219. The van der Waals surface area contributed by atoms with Gasteiger partial charge in [-0.1, -0.05) is 12.1 Å². The maximum Gasteiger partial charge on any atom is 0.253 e. The van der Waals surface area contributed by atoms with Crippen molar-refractivity contribution in [2.24, 2.45) is 0 Å². The molecule has 1 aliphatic heterocycles. The van der Waals surface area contributed by atoms with E-state index in [0.717, 1.165) is 25.2 Å². The Morgan fingerprint density at radius 1 is 1.20 bits per heavy atom. The Morgan fingerprint density at radius 2 is 1.92 bits per heavy atom. The minimum Gasteiger partial charge on any atom is -0.345 e. The van der Waals surface area contributed by atoms with Gasteiger partial charge < -0.3 is 9.47 Å². The second-order valence-electron chi connectivity index (χ2n) is 7.58. The number of hydrogen-bond donors (Lipinski definition) is 0. The molecule has 1 spiro atoms. The molecule has 2 aliphatic rings. The van der Waals surface area contributed by atoms with E-state index in [1.807, 2.05) is 18.5 Å². The van der Waals surface area contributed by atoms with E-state index in [2.05, 4.69) is 33.5 Å². The molecule has 132 valence electrons. The molecule has 0 unspecified atom stereocenters. The first-order valence-electron chi connectivity index (χ1n) is 9.09. The normalized spacial score (nSPS) is 18.7. The summed E-state index contributed by atoms with van der Waals surface area (Å²) in [5, 5.41) is 0. The number of amides is 1. The Hall–Kier alpha value is -2.14. The molecule has 0 N–H and O–H groups in total. The molecule has 0 saturated heterocycles. The third-order valence-corrected chi connectivity index (χ3v) is 5.84. The van der Waals surface area contributed by atoms with Gasteiger partial charge in [0.1, 0.15) is 0 Å². The lowest BCUT2D eigenvalue weighted by Gasteiger charge is -2.53. The fourth-order valence-corrected chi connectivity index (χ4v) is 4.38. The van der Waals surface area contributed by atoms with Crippen molar-refractivity contribution in [2.75, 3.05) is 20.6 Å². The van der Waals surface area contributed by atoms with Gasteiger partial charge in [-0.3, -0.25) is 9.69 Å². The van der Waals surface area contributed by atoms with Crippen LogP contribution >= 0.6 is 0 Å². The van der Waals surface area contributed by atoms with Crippen LogP contribution in [0.2, 0.25) is 0 Å². The molecule has 4 rings (SSSR count).